The molecule has 0 aliphatic carbocycles. The number of benzene rings is 2. The fourth-order valence-electron chi connectivity index (χ4n) is 3.61. The molecule has 3 heterocycles. The highest BCUT2D eigenvalue weighted by molar-refractivity contribution is 6.10. The SMILES string of the molecule is O=C1c2ccc(Nc3ccncc3)cc2CN1c1cc(F)cc(Nc2ccncc2)c1. The van der Waals surface area contributed by atoms with Crippen molar-refractivity contribution in [3.05, 3.63) is 102 Å². The Hall–Kier alpha value is -4.26. The first-order chi connectivity index (χ1) is 15.2. The topological polar surface area (TPSA) is 70.2 Å². The van der Waals surface area contributed by atoms with Crippen LogP contribution >= 0.6 is 0 Å². The molecule has 4 aromatic rings. The minimum atomic E-state index is -0.419. The Morgan fingerprint density at radius 1 is 0.742 bits per heavy atom. The van der Waals surface area contributed by atoms with Crippen molar-refractivity contribution in [1.29, 1.82) is 0 Å². The van der Waals surface area contributed by atoms with Crippen molar-refractivity contribution >= 4 is 34.3 Å². The average Bonchev–Trinajstić information content (AvgIpc) is 3.11. The molecular formula is C24H18FN5O. The summed E-state index contributed by atoms with van der Waals surface area (Å²) in [6, 6.07) is 17.5. The number of halogens is 1. The van der Waals surface area contributed by atoms with Crippen molar-refractivity contribution in [3.63, 3.8) is 0 Å². The van der Waals surface area contributed by atoms with Gasteiger partial charge in [-0.3, -0.25) is 14.8 Å². The highest BCUT2D eigenvalue weighted by atomic mass is 19.1. The lowest BCUT2D eigenvalue weighted by Gasteiger charge is -2.17. The van der Waals surface area contributed by atoms with Gasteiger partial charge >= 0.3 is 0 Å². The van der Waals surface area contributed by atoms with Gasteiger partial charge in [0.2, 0.25) is 0 Å². The fourth-order valence-corrected chi connectivity index (χ4v) is 3.61. The summed E-state index contributed by atoms with van der Waals surface area (Å²) in [5, 5.41) is 6.45. The van der Waals surface area contributed by atoms with Gasteiger partial charge in [0.05, 0.1) is 6.54 Å². The van der Waals surface area contributed by atoms with E-state index in [0.717, 1.165) is 22.6 Å². The molecule has 5 rings (SSSR count). The van der Waals surface area contributed by atoms with Gasteiger partial charge in [-0.1, -0.05) is 0 Å². The van der Waals surface area contributed by atoms with Crippen molar-refractivity contribution in [2.45, 2.75) is 6.54 Å². The smallest absolute Gasteiger partial charge is 0.258 e. The number of pyridine rings is 2. The first-order valence-corrected chi connectivity index (χ1v) is 9.75. The maximum Gasteiger partial charge on any atom is 0.258 e. The van der Waals surface area contributed by atoms with E-state index in [2.05, 4.69) is 20.6 Å². The number of fused-ring (bicyclic) bond motifs is 1. The molecule has 0 bridgehead atoms. The highest BCUT2D eigenvalue weighted by Crippen LogP contribution is 2.33. The lowest BCUT2D eigenvalue weighted by Crippen LogP contribution is -2.23. The third kappa shape index (κ3) is 3.93. The van der Waals surface area contributed by atoms with Crippen molar-refractivity contribution in [3.8, 4) is 0 Å². The first-order valence-electron chi connectivity index (χ1n) is 9.75. The molecule has 152 valence electrons. The molecule has 0 unspecified atom stereocenters. The standard InChI is InChI=1S/C24H18FN5O/c25-17-12-21(29-19-5-9-27-10-6-19)14-22(13-17)30-15-16-11-20(1-2-23(16)24(30)31)28-18-3-7-26-8-4-18/h1-14H,15H2,(H,26,28)(H,27,29). The normalized spacial score (nSPS) is 12.5. The Kier molecular flexibility index (Phi) is 4.76. The molecule has 31 heavy (non-hydrogen) atoms. The van der Waals surface area contributed by atoms with Crippen LogP contribution in [0.15, 0.2) is 85.5 Å². The Balaban J connectivity index is 1.40. The molecule has 0 saturated heterocycles. The van der Waals surface area contributed by atoms with Crippen LogP contribution in [0.5, 0.6) is 0 Å². The van der Waals surface area contributed by atoms with Crippen molar-refractivity contribution < 1.29 is 9.18 Å². The molecule has 2 N–H and O–H groups in total. The maximum absolute atomic E-state index is 14.3. The van der Waals surface area contributed by atoms with Crippen LogP contribution in [0.1, 0.15) is 15.9 Å². The first kappa shape index (κ1) is 18.7. The van der Waals surface area contributed by atoms with Gasteiger partial charge in [0.25, 0.3) is 5.91 Å². The number of nitrogens with zero attached hydrogens (tertiary/aromatic N) is 3. The van der Waals surface area contributed by atoms with Crippen LogP contribution in [0.4, 0.5) is 32.8 Å². The summed E-state index contributed by atoms with van der Waals surface area (Å²) in [6.45, 7) is 0.373. The van der Waals surface area contributed by atoms with Crippen LogP contribution in [0.25, 0.3) is 0 Å². The van der Waals surface area contributed by atoms with Crippen LogP contribution in [0.2, 0.25) is 0 Å². The molecule has 7 heteroatoms. The summed E-state index contributed by atoms with van der Waals surface area (Å²) < 4.78 is 14.3. The van der Waals surface area contributed by atoms with E-state index in [4.69, 9.17) is 0 Å². The number of nitrogens with one attached hydrogen (secondary N) is 2. The molecule has 0 fully saturated rings. The molecular weight excluding hydrogens is 393 g/mol. The summed E-state index contributed by atoms with van der Waals surface area (Å²) in [6.07, 6.45) is 6.73. The number of hydrogen-bond donors (Lipinski definition) is 2. The Labute approximate surface area is 178 Å². The summed E-state index contributed by atoms with van der Waals surface area (Å²) in [5.74, 6) is -0.566. The quantitative estimate of drug-likeness (QED) is 0.469. The van der Waals surface area contributed by atoms with Crippen LogP contribution in [-0.4, -0.2) is 15.9 Å². The Bertz CT molecular complexity index is 1250. The van der Waals surface area contributed by atoms with Crippen molar-refractivity contribution in [2.24, 2.45) is 0 Å². The lowest BCUT2D eigenvalue weighted by atomic mass is 10.1. The van der Waals surface area contributed by atoms with Gasteiger partial charge in [-0.05, 0) is 66.2 Å². The number of rotatable bonds is 5. The van der Waals surface area contributed by atoms with E-state index in [1.54, 1.807) is 54.0 Å². The molecule has 0 spiro atoms. The molecule has 1 aliphatic rings. The summed E-state index contributed by atoms with van der Waals surface area (Å²) in [5.41, 5.74) is 5.14. The van der Waals surface area contributed by atoms with E-state index in [9.17, 15) is 9.18 Å². The number of amides is 1. The lowest BCUT2D eigenvalue weighted by molar-refractivity contribution is 0.0996. The van der Waals surface area contributed by atoms with Gasteiger partial charge in [0, 0.05) is 58.8 Å². The van der Waals surface area contributed by atoms with Crippen LogP contribution in [0, 0.1) is 5.82 Å². The van der Waals surface area contributed by atoms with Gasteiger partial charge in [0.1, 0.15) is 5.82 Å². The third-order valence-electron chi connectivity index (χ3n) is 5.04. The maximum atomic E-state index is 14.3. The number of hydrogen-bond acceptors (Lipinski definition) is 5. The molecule has 2 aromatic heterocycles. The van der Waals surface area contributed by atoms with E-state index in [0.29, 0.717) is 23.5 Å². The van der Waals surface area contributed by atoms with E-state index < -0.39 is 5.82 Å². The van der Waals surface area contributed by atoms with Crippen LogP contribution in [-0.2, 0) is 6.54 Å². The second kappa shape index (κ2) is 7.87. The van der Waals surface area contributed by atoms with E-state index in [1.165, 1.54) is 12.1 Å². The van der Waals surface area contributed by atoms with Crippen LogP contribution in [0.3, 0.4) is 0 Å². The van der Waals surface area contributed by atoms with Gasteiger partial charge in [-0.25, -0.2) is 4.39 Å². The zero-order chi connectivity index (χ0) is 21.2. The van der Waals surface area contributed by atoms with Gasteiger partial charge in [-0.15, -0.1) is 0 Å². The minimum Gasteiger partial charge on any atom is -0.355 e. The van der Waals surface area contributed by atoms with E-state index in [1.807, 2.05) is 24.3 Å². The zero-order valence-corrected chi connectivity index (χ0v) is 16.4. The van der Waals surface area contributed by atoms with Gasteiger partial charge in [0.15, 0.2) is 0 Å². The minimum absolute atomic E-state index is 0.147. The van der Waals surface area contributed by atoms with Crippen molar-refractivity contribution in [2.75, 3.05) is 15.5 Å². The molecule has 0 atom stereocenters. The average molecular weight is 411 g/mol. The van der Waals surface area contributed by atoms with E-state index >= 15 is 0 Å². The predicted molar refractivity (Wildman–Crippen MR) is 118 cm³/mol. The van der Waals surface area contributed by atoms with Gasteiger partial charge < -0.3 is 15.5 Å². The van der Waals surface area contributed by atoms with Crippen molar-refractivity contribution in [1.82, 2.24) is 9.97 Å². The largest absolute Gasteiger partial charge is 0.355 e. The molecule has 6 nitrogen and oxygen atoms in total. The molecule has 1 aliphatic heterocycles. The zero-order valence-electron chi connectivity index (χ0n) is 16.4. The molecule has 1 amide bonds. The Morgan fingerprint density at radius 2 is 1.39 bits per heavy atom. The Morgan fingerprint density at radius 3 is 2.06 bits per heavy atom. The number of anilines is 5. The monoisotopic (exact) mass is 411 g/mol. The van der Waals surface area contributed by atoms with E-state index in [-0.39, 0.29) is 5.91 Å². The number of carbonyl (C=O) groups is 1. The summed E-state index contributed by atoms with van der Waals surface area (Å²) >= 11 is 0. The highest BCUT2D eigenvalue weighted by Gasteiger charge is 2.29. The van der Waals surface area contributed by atoms with Crippen LogP contribution < -0.4 is 15.5 Å². The molecule has 0 radical (unpaired) electrons. The van der Waals surface area contributed by atoms with Gasteiger partial charge in [-0.2, -0.15) is 0 Å². The second-order valence-corrected chi connectivity index (χ2v) is 7.18. The summed E-state index contributed by atoms with van der Waals surface area (Å²) in [4.78, 5) is 22.6. The second-order valence-electron chi connectivity index (χ2n) is 7.18. The third-order valence-corrected chi connectivity index (χ3v) is 5.04. The number of carbonyl (C=O) groups excluding carboxylic acids is 1. The fraction of sp³-hybridized carbons (Fsp3) is 0.0417. The summed E-state index contributed by atoms with van der Waals surface area (Å²) in [7, 11) is 0. The molecule has 2 aromatic carbocycles. The number of aromatic nitrogens is 2. The predicted octanol–water partition coefficient (Wildman–Crippen LogP) is 5.26. The molecule has 0 saturated carbocycles.